The van der Waals surface area contributed by atoms with Gasteiger partial charge in [-0.2, -0.15) is 0 Å². The minimum atomic E-state index is -2.13. The Morgan fingerprint density at radius 3 is 2.42 bits per heavy atom. The van der Waals surface area contributed by atoms with Crippen molar-refractivity contribution in [2.45, 2.75) is 13.0 Å². The van der Waals surface area contributed by atoms with Gasteiger partial charge in [-0.3, -0.25) is 4.55 Å². The first-order valence-electron chi connectivity index (χ1n) is 5.26. The third-order valence-electron chi connectivity index (χ3n) is 2.25. The third kappa shape index (κ3) is 5.16. The van der Waals surface area contributed by atoms with E-state index in [1.807, 2.05) is 0 Å². The summed E-state index contributed by atoms with van der Waals surface area (Å²) in [6.45, 7) is 0.994. The standard InChI is InChI=1S/C11H13NO6S/c1-7(12-19(16)17)8-2-4-9(5-3-8)11(15)18-6-10(13)14/h2-5,7,12H,6H2,1H3,(H,13,14)(H,16,17). The molecule has 3 N–H and O–H groups in total. The van der Waals surface area contributed by atoms with Crippen LogP contribution in [0.1, 0.15) is 28.9 Å². The fourth-order valence-electron chi connectivity index (χ4n) is 1.34. The molecule has 0 amide bonds. The zero-order valence-corrected chi connectivity index (χ0v) is 10.8. The Kier molecular flexibility index (Phi) is 5.61. The molecule has 2 atom stereocenters. The lowest BCUT2D eigenvalue weighted by Crippen LogP contribution is -2.20. The van der Waals surface area contributed by atoms with E-state index in [-0.39, 0.29) is 11.6 Å². The number of carboxylic acid groups (broad SMARTS) is 1. The van der Waals surface area contributed by atoms with E-state index >= 15 is 0 Å². The van der Waals surface area contributed by atoms with Crippen molar-refractivity contribution in [2.75, 3.05) is 6.61 Å². The van der Waals surface area contributed by atoms with Crippen molar-refractivity contribution < 1.29 is 28.2 Å². The van der Waals surface area contributed by atoms with Crippen LogP contribution in [0.15, 0.2) is 24.3 Å². The number of rotatable bonds is 6. The Hall–Kier alpha value is -1.77. The molecular weight excluding hydrogens is 274 g/mol. The number of hydrogen-bond donors (Lipinski definition) is 3. The summed E-state index contributed by atoms with van der Waals surface area (Å²) in [6.07, 6.45) is 0. The molecule has 0 saturated carbocycles. The van der Waals surface area contributed by atoms with Gasteiger partial charge in [0, 0.05) is 6.04 Å². The molecule has 8 heteroatoms. The number of benzene rings is 1. The van der Waals surface area contributed by atoms with Gasteiger partial charge in [-0.05, 0) is 24.6 Å². The molecular formula is C11H13NO6S. The fraction of sp³-hybridized carbons (Fsp3) is 0.273. The molecule has 104 valence electrons. The second kappa shape index (κ2) is 6.98. The monoisotopic (exact) mass is 287 g/mol. The zero-order valence-electron chi connectivity index (χ0n) is 10.0. The first kappa shape index (κ1) is 15.3. The molecule has 0 aliphatic carbocycles. The van der Waals surface area contributed by atoms with Crippen LogP contribution in [-0.2, 0) is 20.8 Å². The number of aliphatic carboxylic acids is 1. The number of carboxylic acids is 1. The van der Waals surface area contributed by atoms with Crippen molar-refractivity contribution in [1.82, 2.24) is 4.72 Å². The van der Waals surface area contributed by atoms with Crippen LogP contribution in [0.4, 0.5) is 0 Å². The summed E-state index contributed by atoms with van der Waals surface area (Å²) in [5.74, 6) is -1.96. The quantitative estimate of drug-likeness (QED) is 0.525. The molecule has 0 spiro atoms. The maximum absolute atomic E-state index is 11.4. The smallest absolute Gasteiger partial charge is 0.341 e. The summed E-state index contributed by atoms with van der Waals surface area (Å²) in [5.41, 5.74) is 0.916. The van der Waals surface area contributed by atoms with E-state index in [1.165, 1.54) is 12.1 Å². The molecule has 0 aromatic heterocycles. The second-order valence-electron chi connectivity index (χ2n) is 3.68. The molecule has 0 bridgehead atoms. The lowest BCUT2D eigenvalue weighted by atomic mass is 10.1. The largest absolute Gasteiger partial charge is 0.479 e. The molecule has 1 aromatic carbocycles. The predicted octanol–water partition coefficient (Wildman–Crippen LogP) is 0.715. The van der Waals surface area contributed by atoms with Crippen molar-refractivity contribution >= 4 is 23.2 Å². The van der Waals surface area contributed by atoms with Gasteiger partial charge in [-0.1, -0.05) is 12.1 Å². The fourth-order valence-corrected chi connectivity index (χ4v) is 1.78. The molecule has 0 heterocycles. The van der Waals surface area contributed by atoms with Gasteiger partial charge < -0.3 is 9.84 Å². The lowest BCUT2D eigenvalue weighted by molar-refractivity contribution is -0.140. The van der Waals surface area contributed by atoms with Crippen LogP contribution < -0.4 is 4.72 Å². The van der Waals surface area contributed by atoms with Gasteiger partial charge in [0.1, 0.15) is 0 Å². The molecule has 0 aliphatic heterocycles. The minimum absolute atomic E-state index is 0.210. The van der Waals surface area contributed by atoms with Crippen molar-refractivity contribution in [3.8, 4) is 0 Å². The molecule has 0 saturated heterocycles. The van der Waals surface area contributed by atoms with E-state index < -0.39 is 29.8 Å². The molecule has 7 nitrogen and oxygen atoms in total. The molecule has 1 rings (SSSR count). The van der Waals surface area contributed by atoms with E-state index in [2.05, 4.69) is 9.46 Å². The van der Waals surface area contributed by atoms with Gasteiger partial charge in [-0.25, -0.2) is 18.5 Å². The Morgan fingerprint density at radius 2 is 1.95 bits per heavy atom. The highest BCUT2D eigenvalue weighted by atomic mass is 32.2. The summed E-state index contributed by atoms with van der Waals surface area (Å²) < 4.78 is 26.2. The topological polar surface area (TPSA) is 113 Å². The summed E-state index contributed by atoms with van der Waals surface area (Å²) in [4.78, 5) is 21.7. The van der Waals surface area contributed by atoms with Crippen molar-refractivity contribution in [3.05, 3.63) is 35.4 Å². The van der Waals surface area contributed by atoms with Crippen LogP contribution >= 0.6 is 0 Å². The summed E-state index contributed by atoms with van der Waals surface area (Å²) in [7, 11) is 0. The van der Waals surface area contributed by atoms with Crippen molar-refractivity contribution in [3.63, 3.8) is 0 Å². The maximum atomic E-state index is 11.4. The molecule has 19 heavy (non-hydrogen) atoms. The summed E-state index contributed by atoms with van der Waals surface area (Å²) >= 11 is -2.13. The molecule has 0 radical (unpaired) electrons. The van der Waals surface area contributed by atoms with Crippen molar-refractivity contribution in [1.29, 1.82) is 0 Å². The van der Waals surface area contributed by atoms with Gasteiger partial charge >= 0.3 is 11.9 Å². The molecule has 2 unspecified atom stereocenters. The zero-order chi connectivity index (χ0) is 14.4. The van der Waals surface area contributed by atoms with Crippen molar-refractivity contribution in [2.24, 2.45) is 0 Å². The normalized spacial score (nSPS) is 13.6. The van der Waals surface area contributed by atoms with Crippen LogP contribution in [-0.4, -0.2) is 32.4 Å². The number of ether oxygens (including phenoxy) is 1. The highest BCUT2D eigenvalue weighted by Crippen LogP contribution is 2.14. The van der Waals surface area contributed by atoms with Crippen LogP contribution in [0.2, 0.25) is 0 Å². The average molecular weight is 287 g/mol. The summed E-state index contributed by atoms with van der Waals surface area (Å²) in [5, 5.41) is 8.37. The highest BCUT2D eigenvalue weighted by molar-refractivity contribution is 7.77. The van der Waals surface area contributed by atoms with Gasteiger partial charge in [0.25, 0.3) is 0 Å². The van der Waals surface area contributed by atoms with E-state index in [0.717, 1.165) is 0 Å². The average Bonchev–Trinajstić information content (AvgIpc) is 2.35. The SMILES string of the molecule is CC(NS(=O)O)c1ccc(C(=O)OCC(=O)O)cc1. The minimum Gasteiger partial charge on any atom is -0.479 e. The van der Waals surface area contributed by atoms with Crippen LogP contribution in [0.25, 0.3) is 0 Å². The van der Waals surface area contributed by atoms with Gasteiger partial charge in [0.2, 0.25) is 11.3 Å². The summed E-state index contributed by atoms with van der Waals surface area (Å²) in [6, 6.07) is 5.72. The van der Waals surface area contributed by atoms with E-state index in [1.54, 1.807) is 19.1 Å². The third-order valence-corrected chi connectivity index (χ3v) is 2.81. The number of nitrogens with one attached hydrogen (secondary N) is 1. The highest BCUT2D eigenvalue weighted by Gasteiger charge is 2.11. The van der Waals surface area contributed by atoms with E-state index in [0.29, 0.717) is 5.56 Å². The van der Waals surface area contributed by atoms with Crippen LogP contribution in [0.3, 0.4) is 0 Å². The number of esters is 1. The Balaban J connectivity index is 2.67. The van der Waals surface area contributed by atoms with Gasteiger partial charge in [-0.15, -0.1) is 0 Å². The molecule has 1 aromatic rings. The van der Waals surface area contributed by atoms with E-state index in [9.17, 15) is 13.8 Å². The Morgan fingerprint density at radius 1 is 1.37 bits per heavy atom. The van der Waals surface area contributed by atoms with Gasteiger partial charge in [0.15, 0.2) is 6.61 Å². The second-order valence-corrected chi connectivity index (χ2v) is 4.41. The maximum Gasteiger partial charge on any atom is 0.341 e. The molecule has 0 aliphatic rings. The number of hydrogen-bond acceptors (Lipinski definition) is 4. The Bertz CT molecular complexity index is 486. The lowest BCUT2D eigenvalue weighted by Gasteiger charge is -2.11. The van der Waals surface area contributed by atoms with Crippen LogP contribution in [0.5, 0.6) is 0 Å². The first-order valence-corrected chi connectivity index (χ1v) is 6.36. The van der Waals surface area contributed by atoms with E-state index in [4.69, 9.17) is 9.66 Å². The number of carbonyl (C=O) groups excluding carboxylic acids is 1. The van der Waals surface area contributed by atoms with Gasteiger partial charge in [0.05, 0.1) is 5.56 Å². The molecule has 0 fully saturated rings. The van der Waals surface area contributed by atoms with Crippen LogP contribution in [0, 0.1) is 0 Å². The Labute approximate surface area is 112 Å². The first-order chi connectivity index (χ1) is 8.90. The number of carbonyl (C=O) groups is 2. The predicted molar refractivity (Wildman–Crippen MR) is 66.7 cm³/mol.